The number of nitrogens with one attached hydrogen (secondary N) is 1. The molecule has 0 radical (unpaired) electrons. The summed E-state index contributed by atoms with van der Waals surface area (Å²) in [4.78, 5) is 17.8. The molecule has 130 valence electrons. The number of hydrogen-bond acceptors (Lipinski definition) is 2. The Hall–Kier alpha value is -1.81. The first-order valence-corrected chi connectivity index (χ1v) is 9.33. The number of carbonyl (C=O) groups excluding carboxylic acids is 1. The van der Waals surface area contributed by atoms with Gasteiger partial charge in [-0.15, -0.1) is 0 Å². The van der Waals surface area contributed by atoms with E-state index in [1.807, 2.05) is 0 Å². The maximum Gasteiger partial charge on any atom is 0.222 e. The number of hydrogen-bond donors (Lipinski definition) is 2. The van der Waals surface area contributed by atoms with Gasteiger partial charge in [-0.25, -0.2) is 0 Å². The zero-order valence-corrected chi connectivity index (χ0v) is 14.5. The third-order valence-electron chi connectivity index (χ3n) is 5.25. The van der Waals surface area contributed by atoms with E-state index >= 15 is 0 Å². The smallest absolute Gasteiger partial charge is 0.222 e. The third-order valence-corrected chi connectivity index (χ3v) is 5.25. The Kier molecular flexibility index (Phi) is 5.91. The predicted octanol–water partition coefficient (Wildman–Crippen LogP) is 3.78. The van der Waals surface area contributed by atoms with Gasteiger partial charge in [0.2, 0.25) is 5.91 Å². The quantitative estimate of drug-likeness (QED) is 0.760. The van der Waals surface area contributed by atoms with E-state index < -0.39 is 0 Å². The van der Waals surface area contributed by atoms with Gasteiger partial charge in [-0.1, -0.05) is 31.0 Å². The highest BCUT2D eigenvalue weighted by atomic mass is 16.2. The zero-order valence-electron chi connectivity index (χ0n) is 14.5. The van der Waals surface area contributed by atoms with Gasteiger partial charge in [0.25, 0.3) is 0 Å². The van der Waals surface area contributed by atoms with Gasteiger partial charge in [0.05, 0.1) is 0 Å². The van der Waals surface area contributed by atoms with Crippen molar-refractivity contribution in [2.45, 2.75) is 50.9 Å². The van der Waals surface area contributed by atoms with Crippen molar-refractivity contribution in [1.82, 2.24) is 9.88 Å². The first-order valence-electron chi connectivity index (χ1n) is 9.33. The van der Waals surface area contributed by atoms with E-state index in [0.717, 1.165) is 58.2 Å². The lowest BCUT2D eigenvalue weighted by Crippen LogP contribution is -2.37. The molecule has 4 nitrogen and oxygen atoms in total. The fraction of sp³-hybridized carbons (Fsp3) is 0.550. The van der Waals surface area contributed by atoms with Crippen molar-refractivity contribution in [3.05, 3.63) is 36.0 Å². The number of aromatic amines is 1. The molecule has 3 rings (SSSR count). The van der Waals surface area contributed by atoms with Gasteiger partial charge < -0.3 is 15.6 Å². The van der Waals surface area contributed by atoms with Crippen LogP contribution in [-0.4, -0.2) is 35.4 Å². The number of unbranched alkanes of at least 4 members (excludes halogenated alkanes) is 3. The monoisotopic (exact) mass is 327 g/mol. The molecule has 2 heterocycles. The highest BCUT2D eigenvalue weighted by Gasteiger charge is 2.24. The van der Waals surface area contributed by atoms with Crippen molar-refractivity contribution >= 4 is 16.8 Å². The van der Waals surface area contributed by atoms with Crippen LogP contribution in [0.4, 0.5) is 0 Å². The van der Waals surface area contributed by atoms with Crippen molar-refractivity contribution < 1.29 is 4.79 Å². The van der Waals surface area contributed by atoms with E-state index in [4.69, 9.17) is 5.73 Å². The summed E-state index contributed by atoms with van der Waals surface area (Å²) in [5.74, 6) is 0.898. The number of fused-ring (bicyclic) bond motifs is 1. The van der Waals surface area contributed by atoms with Gasteiger partial charge in [0, 0.05) is 36.6 Å². The second kappa shape index (κ2) is 8.34. The standard InChI is InChI=1S/C20H29N3O/c21-12-6-2-1-3-9-20(24)23-13-10-16(11-14-23)18-15-22-19-8-5-4-7-17(18)19/h4-5,7-8,15-16,22H,1-3,6,9-14,21H2. The maximum atomic E-state index is 12.3. The van der Waals surface area contributed by atoms with Crippen molar-refractivity contribution in [2.75, 3.05) is 19.6 Å². The number of amides is 1. The molecule has 4 heteroatoms. The van der Waals surface area contributed by atoms with Gasteiger partial charge in [0.15, 0.2) is 0 Å². The van der Waals surface area contributed by atoms with Crippen LogP contribution in [0.15, 0.2) is 30.5 Å². The van der Waals surface area contributed by atoms with Crippen molar-refractivity contribution in [3.8, 4) is 0 Å². The average molecular weight is 327 g/mol. The molecule has 1 aliphatic heterocycles. The summed E-state index contributed by atoms with van der Waals surface area (Å²) in [7, 11) is 0. The summed E-state index contributed by atoms with van der Waals surface area (Å²) in [5, 5.41) is 1.34. The lowest BCUT2D eigenvalue weighted by Gasteiger charge is -2.32. The SMILES string of the molecule is NCCCCCCC(=O)N1CCC(c2c[nH]c3ccccc23)CC1. The van der Waals surface area contributed by atoms with E-state index in [1.165, 1.54) is 16.5 Å². The molecule has 0 bridgehead atoms. The van der Waals surface area contributed by atoms with Crippen LogP contribution in [0.25, 0.3) is 10.9 Å². The summed E-state index contributed by atoms with van der Waals surface area (Å²) in [5.41, 5.74) is 8.13. The second-order valence-electron chi connectivity index (χ2n) is 6.90. The van der Waals surface area contributed by atoms with E-state index in [9.17, 15) is 4.79 Å². The number of likely N-dealkylation sites (tertiary alicyclic amines) is 1. The number of nitrogens with zero attached hydrogens (tertiary/aromatic N) is 1. The summed E-state index contributed by atoms with van der Waals surface area (Å²) in [6.07, 6.45) is 9.33. The molecule has 1 aliphatic rings. The fourth-order valence-corrected chi connectivity index (χ4v) is 3.80. The molecule has 0 unspecified atom stereocenters. The van der Waals surface area contributed by atoms with Crippen molar-refractivity contribution in [3.63, 3.8) is 0 Å². The number of aromatic nitrogens is 1. The Morgan fingerprint density at radius 3 is 2.67 bits per heavy atom. The van der Waals surface area contributed by atoms with E-state index in [0.29, 0.717) is 18.2 Å². The van der Waals surface area contributed by atoms with E-state index in [-0.39, 0.29) is 0 Å². The molecule has 3 N–H and O–H groups in total. The number of nitrogens with two attached hydrogens (primary N) is 1. The molecule has 24 heavy (non-hydrogen) atoms. The Morgan fingerprint density at radius 2 is 1.88 bits per heavy atom. The molecule has 1 fully saturated rings. The fourth-order valence-electron chi connectivity index (χ4n) is 3.80. The first-order chi connectivity index (χ1) is 11.8. The zero-order chi connectivity index (χ0) is 16.8. The minimum Gasteiger partial charge on any atom is -0.361 e. The van der Waals surface area contributed by atoms with Crippen LogP contribution in [0.3, 0.4) is 0 Å². The molecule has 1 aromatic carbocycles. The van der Waals surface area contributed by atoms with Crippen molar-refractivity contribution in [1.29, 1.82) is 0 Å². The molecule has 0 atom stereocenters. The van der Waals surface area contributed by atoms with Crippen LogP contribution in [0.5, 0.6) is 0 Å². The van der Waals surface area contributed by atoms with Crippen LogP contribution >= 0.6 is 0 Å². The number of H-pyrrole nitrogens is 1. The largest absolute Gasteiger partial charge is 0.361 e. The summed E-state index contributed by atoms with van der Waals surface area (Å²) < 4.78 is 0. The van der Waals surface area contributed by atoms with Crippen LogP contribution in [0, 0.1) is 0 Å². The van der Waals surface area contributed by atoms with E-state index in [2.05, 4.69) is 40.3 Å². The average Bonchev–Trinajstić information content (AvgIpc) is 3.05. The second-order valence-corrected chi connectivity index (χ2v) is 6.90. The van der Waals surface area contributed by atoms with Crippen LogP contribution in [0.1, 0.15) is 56.4 Å². The van der Waals surface area contributed by atoms with Gasteiger partial charge in [-0.05, 0) is 49.8 Å². The highest BCUT2D eigenvalue weighted by molar-refractivity contribution is 5.83. The number of piperidine rings is 1. The molecule has 1 saturated heterocycles. The molecule has 1 amide bonds. The number of rotatable bonds is 7. The molecule has 0 aliphatic carbocycles. The van der Waals surface area contributed by atoms with Crippen LogP contribution in [-0.2, 0) is 4.79 Å². The molecular weight excluding hydrogens is 298 g/mol. The topological polar surface area (TPSA) is 62.1 Å². The number of para-hydroxylation sites is 1. The Balaban J connectivity index is 1.48. The van der Waals surface area contributed by atoms with Gasteiger partial charge >= 0.3 is 0 Å². The Bertz CT molecular complexity index is 656. The third kappa shape index (κ3) is 3.99. The minimum atomic E-state index is 0.333. The first kappa shape index (κ1) is 17.0. The van der Waals surface area contributed by atoms with Gasteiger partial charge in [-0.3, -0.25) is 4.79 Å². The maximum absolute atomic E-state index is 12.3. The predicted molar refractivity (Wildman–Crippen MR) is 99.0 cm³/mol. The lowest BCUT2D eigenvalue weighted by molar-refractivity contribution is -0.132. The molecule has 2 aromatic rings. The number of carbonyl (C=O) groups is 1. The molecular formula is C20H29N3O. The molecule has 1 aromatic heterocycles. The molecule has 0 saturated carbocycles. The number of benzene rings is 1. The normalized spacial score (nSPS) is 16.0. The summed E-state index contributed by atoms with van der Waals surface area (Å²) in [6.45, 7) is 2.55. The Labute approximate surface area is 144 Å². The highest BCUT2D eigenvalue weighted by Crippen LogP contribution is 2.33. The lowest BCUT2D eigenvalue weighted by atomic mass is 9.89. The van der Waals surface area contributed by atoms with Crippen LogP contribution < -0.4 is 5.73 Å². The van der Waals surface area contributed by atoms with Gasteiger partial charge in [0.1, 0.15) is 0 Å². The molecule has 0 spiro atoms. The summed E-state index contributed by atoms with van der Waals surface area (Å²) in [6, 6.07) is 8.49. The van der Waals surface area contributed by atoms with Crippen LogP contribution in [0.2, 0.25) is 0 Å². The summed E-state index contributed by atoms with van der Waals surface area (Å²) >= 11 is 0. The van der Waals surface area contributed by atoms with Gasteiger partial charge in [-0.2, -0.15) is 0 Å². The minimum absolute atomic E-state index is 0.333. The van der Waals surface area contributed by atoms with E-state index in [1.54, 1.807) is 0 Å². The van der Waals surface area contributed by atoms with Crippen molar-refractivity contribution in [2.24, 2.45) is 5.73 Å². The Morgan fingerprint density at radius 1 is 1.12 bits per heavy atom.